The highest BCUT2D eigenvalue weighted by atomic mass is 79.9. The second-order valence-electron chi connectivity index (χ2n) is 5.72. The van der Waals surface area contributed by atoms with Crippen LogP contribution in [0.15, 0.2) is 46.9 Å². The first-order chi connectivity index (χ1) is 11.4. The lowest BCUT2D eigenvalue weighted by molar-refractivity contribution is -0.117. The summed E-state index contributed by atoms with van der Waals surface area (Å²) in [6, 6.07) is 13.4. The number of carbonyl (C=O) groups excluding carboxylic acids is 2. The van der Waals surface area contributed by atoms with Crippen LogP contribution in [0.25, 0.3) is 0 Å². The van der Waals surface area contributed by atoms with Crippen LogP contribution >= 0.6 is 15.9 Å². The summed E-state index contributed by atoms with van der Waals surface area (Å²) in [5, 5.41) is 2.95. The Labute approximate surface area is 151 Å². The number of halogens is 1. The molecule has 0 aromatic heterocycles. The molecule has 0 aliphatic carbocycles. The molecular weight excluding hydrogens is 368 g/mol. The quantitative estimate of drug-likeness (QED) is 0.822. The number of para-hydroxylation sites is 1. The first-order valence-corrected chi connectivity index (χ1v) is 8.57. The van der Waals surface area contributed by atoms with Gasteiger partial charge in [0, 0.05) is 35.7 Å². The van der Waals surface area contributed by atoms with E-state index < -0.39 is 0 Å². The lowest BCUT2D eigenvalue weighted by atomic mass is 10.1. The average molecular weight is 389 g/mol. The van der Waals surface area contributed by atoms with Crippen molar-refractivity contribution in [3.8, 4) is 0 Å². The topological polar surface area (TPSA) is 49.4 Å². The molecule has 0 unspecified atom stereocenters. The fraction of sp³-hybridized carbons (Fsp3) is 0.263. The molecule has 2 aromatic rings. The molecule has 0 saturated carbocycles. The largest absolute Gasteiger partial charge is 0.326 e. The zero-order chi connectivity index (χ0) is 17.7. The summed E-state index contributed by atoms with van der Waals surface area (Å²) < 4.78 is 0.895. The number of hydrogen-bond donors (Lipinski definition) is 1. The summed E-state index contributed by atoms with van der Waals surface area (Å²) in [5.74, 6) is -0.193. The molecule has 4 nitrogen and oxygen atoms in total. The predicted octanol–water partition coefficient (Wildman–Crippen LogP) is 4.45. The normalized spacial score (nSPS) is 10.3. The van der Waals surface area contributed by atoms with E-state index in [2.05, 4.69) is 21.2 Å². The number of hydrogen-bond acceptors (Lipinski definition) is 2. The van der Waals surface area contributed by atoms with E-state index in [1.54, 1.807) is 4.90 Å². The van der Waals surface area contributed by atoms with E-state index in [1.807, 2.05) is 56.3 Å². The first kappa shape index (κ1) is 18.2. The highest BCUT2D eigenvalue weighted by Crippen LogP contribution is 2.22. The van der Waals surface area contributed by atoms with Crippen molar-refractivity contribution in [1.82, 2.24) is 0 Å². The molecule has 0 radical (unpaired) electrons. The SMILES string of the molecule is CC(=O)N(CCC(=O)Nc1c(C)cccc1C)c1cccc(Br)c1. The third-order valence-corrected chi connectivity index (χ3v) is 4.30. The lowest BCUT2D eigenvalue weighted by Gasteiger charge is -2.21. The molecular formula is C19H21BrN2O2. The second-order valence-corrected chi connectivity index (χ2v) is 6.63. The molecule has 5 heteroatoms. The van der Waals surface area contributed by atoms with Gasteiger partial charge < -0.3 is 10.2 Å². The standard InChI is InChI=1S/C19H21BrN2O2/c1-13-6-4-7-14(2)19(13)21-18(24)10-11-22(15(3)23)17-9-5-8-16(20)12-17/h4-9,12H,10-11H2,1-3H3,(H,21,24). The van der Waals surface area contributed by atoms with Crippen molar-refractivity contribution in [3.05, 3.63) is 58.1 Å². The van der Waals surface area contributed by atoms with Crippen LogP contribution in [0.1, 0.15) is 24.5 Å². The van der Waals surface area contributed by atoms with Gasteiger partial charge in [-0.25, -0.2) is 0 Å². The molecule has 24 heavy (non-hydrogen) atoms. The number of carbonyl (C=O) groups is 2. The number of amides is 2. The summed E-state index contributed by atoms with van der Waals surface area (Å²) in [6.45, 7) is 5.77. The van der Waals surface area contributed by atoms with Crippen LogP contribution in [0, 0.1) is 13.8 Å². The minimum Gasteiger partial charge on any atom is -0.326 e. The number of rotatable bonds is 5. The molecule has 1 N–H and O–H groups in total. The lowest BCUT2D eigenvalue weighted by Crippen LogP contribution is -2.32. The van der Waals surface area contributed by atoms with E-state index in [1.165, 1.54) is 6.92 Å². The Morgan fingerprint density at radius 2 is 1.71 bits per heavy atom. The molecule has 2 amide bonds. The highest BCUT2D eigenvalue weighted by Gasteiger charge is 2.14. The maximum absolute atomic E-state index is 12.3. The van der Waals surface area contributed by atoms with Gasteiger partial charge in [-0.15, -0.1) is 0 Å². The van der Waals surface area contributed by atoms with Crippen LogP contribution in [0.2, 0.25) is 0 Å². The van der Waals surface area contributed by atoms with Gasteiger partial charge in [-0.05, 0) is 43.2 Å². The van der Waals surface area contributed by atoms with E-state index in [0.717, 1.165) is 27.0 Å². The van der Waals surface area contributed by atoms with Gasteiger partial charge in [0.1, 0.15) is 0 Å². The maximum atomic E-state index is 12.3. The molecule has 126 valence electrons. The Hall–Kier alpha value is -2.14. The molecule has 2 aromatic carbocycles. The molecule has 0 fully saturated rings. The van der Waals surface area contributed by atoms with Crippen molar-refractivity contribution in [1.29, 1.82) is 0 Å². The summed E-state index contributed by atoms with van der Waals surface area (Å²) in [7, 11) is 0. The Morgan fingerprint density at radius 1 is 1.08 bits per heavy atom. The number of nitrogens with one attached hydrogen (secondary N) is 1. The molecule has 0 bridgehead atoms. The predicted molar refractivity (Wildman–Crippen MR) is 101 cm³/mol. The van der Waals surface area contributed by atoms with Crippen LogP contribution in [0.5, 0.6) is 0 Å². The Bertz CT molecular complexity index is 739. The Kier molecular flexibility index (Phi) is 6.15. The summed E-state index contributed by atoms with van der Waals surface area (Å²) in [5.41, 5.74) is 3.67. The van der Waals surface area contributed by atoms with Gasteiger partial charge in [0.05, 0.1) is 0 Å². The van der Waals surface area contributed by atoms with Gasteiger partial charge >= 0.3 is 0 Å². The van der Waals surface area contributed by atoms with Crippen LogP contribution in [-0.4, -0.2) is 18.4 Å². The average Bonchev–Trinajstić information content (AvgIpc) is 2.51. The van der Waals surface area contributed by atoms with E-state index >= 15 is 0 Å². The highest BCUT2D eigenvalue weighted by molar-refractivity contribution is 9.10. The molecule has 0 spiro atoms. The van der Waals surface area contributed by atoms with Gasteiger partial charge in [0.2, 0.25) is 11.8 Å². The molecule has 0 saturated heterocycles. The number of benzene rings is 2. The van der Waals surface area contributed by atoms with Crippen LogP contribution < -0.4 is 10.2 Å². The minimum atomic E-state index is -0.103. The van der Waals surface area contributed by atoms with Crippen molar-refractivity contribution < 1.29 is 9.59 Å². The second kappa shape index (κ2) is 8.11. The van der Waals surface area contributed by atoms with Gasteiger partial charge in [0.25, 0.3) is 0 Å². The molecule has 2 rings (SSSR count). The zero-order valence-corrected chi connectivity index (χ0v) is 15.7. The summed E-state index contributed by atoms with van der Waals surface area (Å²) in [4.78, 5) is 25.8. The monoisotopic (exact) mass is 388 g/mol. The van der Waals surface area contributed by atoms with E-state index in [0.29, 0.717) is 6.54 Å². The first-order valence-electron chi connectivity index (χ1n) is 7.78. The van der Waals surface area contributed by atoms with Crippen molar-refractivity contribution in [3.63, 3.8) is 0 Å². The smallest absolute Gasteiger partial charge is 0.226 e. The van der Waals surface area contributed by atoms with Crippen LogP contribution in [0.3, 0.4) is 0 Å². The number of anilines is 2. The van der Waals surface area contributed by atoms with Gasteiger partial charge in [0.15, 0.2) is 0 Å². The van der Waals surface area contributed by atoms with Crippen molar-refractivity contribution in [2.45, 2.75) is 27.2 Å². The number of nitrogens with zero attached hydrogens (tertiary/aromatic N) is 1. The van der Waals surface area contributed by atoms with Crippen LogP contribution in [0.4, 0.5) is 11.4 Å². The van der Waals surface area contributed by atoms with Gasteiger partial charge in [-0.1, -0.05) is 40.2 Å². The van der Waals surface area contributed by atoms with E-state index in [-0.39, 0.29) is 18.2 Å². The minimum absolute atomic E-state index is 0.0898. The fourth-order valence-corrected chi connectivity index (χ4v) is 2.93. The maximum Gasteiger partial charge on any atom is 0.226 e. The van der Waals surface area contributed by atoms with Crippen molar-refractivity contribution in [2.75, 3.05) is 16.8 Å². The number of aryl methyl sites for hydroxylation is 2. The Balaban J connectivity index is 2.04. The third kappa shape index (κ3) is 4.68. The summed E-state index contributed by atoms with van der Waals surface area (Å²) >= 11 is 3.40. The van der Waals surface area contributed by atoms with E-state index in [9.17, 15) is 9.59 Å². The Morgan fingerprint density at radius 3 is 2.29 bits per heavy atom. The van der Waals surface area contributed by atoms with Crippen LogP contribution in [-0.2, 0) is 9.59 Å². The fourth-order valence-electron chi connectivity index (χ4n) is 2.54. The third-order valence-electron chi connectivity index (χ3n) is 3.81. The summed E-state index contributed by atoms with van der Waals surface area (Å²) in [6.07, 6.45) is 0.236. The molecule has 0 aliphatic heterocycles. The van der Waals surface area contributed by atoms with E-state index in [4.69, 9.17) is 0 Å². The molecule has 0 atom stereocenters. The molecule has 0 aliphatic rings. The zero-order valence-electron chi connectivity index (χ0n) is 14.1. The van der Waals surface area contributed by atoms with Crippen molar-refractivity contribution in [2.24, 2.45) is 0 Å². The molecule has 0 heterocycles. The van der Waals surface area contributed by atoms with Gasteiger partial charge in [-0.2, -0.15) is 0 Å². The van der Waals surface area contributed by atoms with Gasteiger partial charge in [-0.3, -0.25) is 9.59 Å². The van der Waals surface area contributed by atoms with Crippen molar-refractivity contribution >= 4 is 39.1 Å².